The van der Waals surface area contributed by atoms with Crippen molar-refractivity contribution in [1.29, 1.82) is 0 Å². The Morgan fingerprint density at radius 3 is 2.56 bits per heavy atom. The van der Waals surface area contributed by atoms with Crippen LogP contribution >= 0.6 is 0 Å². The van der Waals surface area contributed by atoms with E-state index in [1.165, 1.54) is 18.4 Å². The molecule has 0 amide bonds. The first-order chi connectivity index (χ1) is 7.53. The highest BCUT2D eigenvalue weighted by atomic mass is 15.0. The molecule has 1 aromatic heterocycles. The number of hydrogen-bond donors (Lipinski definition) is 2. The van der Waals surface area contributed by atoms with E-state index in [9.17, 15) is 0 Å². The molecule has 1 fully saturated rings. The van der Waals surface area contributed by atoms with Crippen LogP contribution in [0, 0.1) is 0 Å². The van der Waals surface area contributed by atoms with Crippen LogP contribution in [0.15, 0.2) is 18.3 Å². The third-order valence-corrected chi connectivity index (χ3v) is 2.50. The van der Waals surface area contributed by atoms with Crippen LogP contribution in [0.2, 0.25) is 0 Å². The molecule has 1 aromatic rings. The van der Waals surface area contributed by atoms with Crippen LogP contribution in [0.4, 0.5) is 5.82 Å². The summed E-state index contributed by atoms with van der Waals surface area (Å²) in [5.41, 5.74) is 1.33. The number of pyridine rings is 1. The van der Waals surface area contributed by atoms with Gasteiger partial charge in [-0.15, -0.1) is 0 Å². The Hall–Kier alpha value is -1.09. The summed E-state index contributed by atoms with van der Waals surface area (Å²) in [4.78, 5) is 4.41. The van der Waals surface area contributed by atoms with Gasteiger partial charge in [0, 0.05) is 24.3 Å². The van der Waals surface area contributed by atoms with Gasteiger partial charge in [-0.3, -0.25) is 0 Å². The fraction of sp³-hybridized carbons (Fsp3) is 0.615. The van der Waals surface area contributed by atoms with E-state index in [-0.39, 0.29) is 5.54 Å². The second-order valence-electron chi connectivity index (χ2n) is 5.58. The first-order valence-corrected chi connectivity index (χ1v) is 5.99. The number of rotatable bonds is 4. The van der Waals surface area contributed by atoms with E-state index < -0.39 is 0 Å². The summed E-state index contributed by atoms with van der Waals surface area (Å²) in [5, 5.41) is 6.83. The van der Waals surface area contributed by atoms with Gasteiger partial charge in [0.25, 0.3) is 0 Å². The van der Waals surface area contributed by atoms with Crippen molar-refractivity contribution >= 4 is 5.82 Å². The zero-order chi connectivity index (χ0) is 11.6. The molecule has 0 aromatic carbocycles. The molecule has 1 saturated carbocycles. The lowest BCUT2D eigenvalue weighted by Gasteiger charge is -2.21. The summed E-state index contributed by atoms with van der Waals surface area (Å²) in [5.74, 6) is 0.947. The van der Waals surface area contributed by atoms with Crippen LogP contribution in [0.5, 0.6) is 0 Å². The molecule has 0 radical (unpaired) electrons. The van der Waals surface area contributed by atoms with Crippen molar-refractivity contribution in [2.45, 2.75) is 51.7 Å². The van der Waals surface area contributed by atoms with Crippen molar-refractivity contribution in [3.63, 3.8) is 0 Å². The van der Waals surface area contributed by atoms with Gasteiger partial charge in [-0.1, -0.05) is 6.07 Å². The average Bonchev–Trinajstić information content (AvgIpc) is 2.98. The lowest BCUT2D eigenvalue weighted by molar-refractivity contribution is 0.630. The van der Waals surface area contributed by atoms with Crippen LogP contribution in [0.25, 0.3) is 0 Å². The van der Waals surface area contributed by atoms with E-state index in [2.05, 4.69) is 48.5 Å². The second kappa shape index (κ2) is 4.42. The fourth-order valence-corrected chi connectivity index (χ4v) is 1.54. The average molecular weight is 219 g/mol. The molecule has 3 nitrogen and oxygen atoms in total. The molecule has 2 rings (SSSR count). The lowest BCUT2D eigenvalue weighted by atomic mass is 10.1. The highest BCUT2D eigenvalue weighted by Gasteiger charge is 2.19. The molecule has 16 heavy (non-hydrogen) atoms. The molecular formula is C13H21N3. The number of anilines is 1. The van der Waals surface area contributed by atoms with Crippen molar-refractivity contribution in [3.05, 3.63) is 23.9 Å². The summed E-state index contributed by atoms with van der Waals surface area (Å²) in [6.45, 7) is 7.35. The van der Waals surface area contributed by atoms with E-state index in [1.54, 1.807) is 0 Å². The minimum absolute atomic E-state index is 0.0702. The van der Waals surface area contributed by atoms with Crippen LogP contribution in [0.3, 0.4) is 0 Å². The van der Waals surface area contributed by atoms with E-state index in [4.69, 9.17) is 0 Å². The monoisotopic (exact) mass is 219 g/mol. The Kier molecular flexibility index (Phi) is 3.15. The first kappa shape index (κ1) is 11.4. The maximum atomic E-state index is 4.41. The Balaban J connectivity index is 1.87. The third kappa shape index (κ3) is 3.81. The van der Waals surface area contributed by atoms with Gasteiger partial charge in [0.15, 0.2) is 0 Å². The van der Waals surface area contributed by atoms with Crippen LogP contribution in [-0.4, -0.2) is 16.6 Å². The number of aromatic nitrogens is 1. The number of nitrogens with zero attached hydrogens (tertiary/aromatic N) is 1. The maximum Gasteiger partial charge on any atom is 0.126 e. The minimum Gasteiger partial charge on any atom is -0.365 e. The third-order valence-electron chi connectivity index (χ3n) is 2.50. The molecule has 3 heteroatoms. The molecular weight excluding hydrogens is 198 g/mol. The minimum atomic E-state index is 0.0702. The molecule has 0 aliphatic heterocycles. The predicted molar refractivity (Wildman–Crippen MR) is 67.5 cm³/mol. The highest BCUT2D eigenvalue weighted by Crippen LogP contribution is 2.19. The summed E-state index contributed by atoms with van der Waals surface area (Å²) in [6, 6.07) is 4.94. The maximum absolute atomic E-state index is 4.41. The molecule has 0 bridgehead atoms. The normalized spacial score (nSPS) is 16.2. The molecule has 1 aliphatic rings. The van der Waals surface area contributed by atoms with Crippen LogP contribution in [-0.2, 0) is 6.54 Å². The Bertz CT molecular complexity index is 333. The van der Waals surface area contributed by atoms with E-state index in [0.717, 1.165) is 18.4 Å². The summed E-state index contributed by atoms with van der Waals surface area (Å²) < 4.78 is 0. The molecule has 1 aliphatic carbocycles. The van der Waals surface area contributed by atoms with Gasteiger partial charge in [-0.05, 0) is 45.2 Å². The van der Waals surface area contributed by atoms with Crippen molar-refractivity contribution in [1.82, 2.24) is 10.3 Å². The summed E-state index contributed by atoms with van der Waals surface area (Å²) in [6.07, 6.45) is 4.61. The number of nitrogens with one attached hydrogen (secondary N) is 2. The largest absolute Gasteiger partial charge is 0.365 e. The van der Waals surface area contributed by atoms with E-state index in [0.29, 0.717) is 0 Å². The SMILES string of the molecule is CC(C)(C)Nc1ccc(CNC2CC2)cn1. The standard InChI is InChI=1S/C13H21N3/c1-13(2,3)16-12-7-4-10(9-15-12)8-14-11-5-6-11/h4,7,9,11,14H,5-6,8H2,1-3H3,(H,15,16). The molecule has 0 unspecified atom stereocenters. The molecule has 0 saturated heterocycles. The van der Waals surface area contributed by atoms with Gasteiger partial charge in [-0.25, -0.2) is 4.98 Å². The summed E-state index contributed by atoms with van der Waals surface area (Å²) >= 11 is 0. The Labute approximate surface area is 97.7 Å². The first-order valence-electron chi connectivity index (χ1n) is 5.99. The molecule has 0 spiro atoms. The van der Waals surface area contributed by atoms with Gasteiger partial charge in [-0.2, -0.15) is 0 Å². The number of hydrogen-bond acceptors (Lipinski definition) is 3. The predicted octanol–water partition coefficient (Wildman–Crippen LogP) is 2.54. The van der Waals surface area contributed by atoms with Gasteiger partial charge in [0.2, 0.25) is 0 Å². The van der Waals surface area contributed by atoms with Gasteiger partial charge in [0.1, 0.15) is 5.82 Å². The highest BCUT2D eigenvalue weighted by molar-refractivity contribution is 5.37. The zero-order valence-corrected chi connectivity index (χ0v) is 10.4. The van der Waals surface area contributed by atoms with E-state index in [1.807, 2.05) is 6.20 Å². The van der Waals surface area contributed by atoms with Gasteiger partial charge in [0.05, 0.1) is 0 Å². The van der Waals surface area contributed by atoms with Gasteiger partial charge >= 0.3 is 0 Å². The van der Waals surface area contributed by atoms with E-state index >= 15 is 0 Å². The second-order valence-corrected chi connectivity index (χ2v) is 5.58. The molecule has 1 heterocycles. The lowest BCUT2D eigenvalue weighted by Crippen LogP contribution is -2.26. The zero-order valence-electron chi connectivity index (χ0n) is 10.4. The van der Waals surface area contributed by atoms with Crippen molar-refractivity contribution in [3.8, 4) is 0 Å². The Morgan fingerprint density at radius 1 is 1.31 bits per heavy atom. The summed E-state index contributed by atoms with van der Waals surface area (Å²) in [7, 11) is 0. The van der Waals surface area contributed by atoms with Crippen LogP contribution < -0.4 is 10.6 Å². The quantitative estimate of drug-likeness (QED) is 0.817. The topological polar surface area (TPSA) is 37.0 Å². The van der Waals surface area contributed by atoms with Crippen LogP contribution in [0.1, 0.15) is 39.2 Å². The van der Waals surface area contributed by atoms with Gasteiger partial charge < -0.3 is 10.6 Å². The smallest absolute Gasteiger partial charge is 0.126 e. The van der Waals surface area contributed by atoms with Crippen molar-refractivity contribution in [2.75, 3.05) is 5.32 Å². The molecule has 2 N–H and O–H groups in total. The van der Waals surface area contributed by atoms with Crippen molar-refractivity contribution < 1.29 is 0 Å². The van der Waals surface area contributed by atoms with Crippen molar-refractivity contribution in [2.24, 2.45) is 0 Å². The molecule has 88 valence electrons. The molecule has 0 atom stereocenters. The fourth-order valence-electron chi connectivity index (χ4n) is 1.54. The Morgan fingerprint density at radius 2 is 2.06 bits per heavy atom.